The Balaban J connectivity index is 1.53. The van der Waals surface area contributed by atoms with Crippen LogP contribution < -0.4 is 0 Å². The first kappa shape index (κ1) is 15.5. The average molecular weight is 337 g/mol. The second kappa shape index (κ2) is 7.23. The van der Waals surface area contributed by atoms with Crippen LogP contribution in [-0.4, -0.2) is 43.8 Å². The summed E-state index contributed by atoms with van der Waals surface area (Å²) in [6.45, 7) is 0.649. The smallest absolute Gasteiger partial charge is 0.233 e. The molecule has 0 radical (unpaired) electrons. The van der Waals surface area contributed by atoms with Gasteiger partial charge in [0.2, 0.25) is 11.1 Å². The predicted molar refractivity (Wildman–Crippen MR) is 86.8 cm³/mol. The molecule has 0 atom stereocenters. The maximum absolute atomic E-state index is 12.2. The monoisotopic (exact) mass is 337 g/mol. The Morgan fingerprint density at radius 1 is 1.50 bits per heavy atom. The third-order valence-electron chi connectivity index (χ3n) is 3.88. The molecule has 1 amide bonds. The molecule has 0 aromatic carbocycles. The standard InChI is InChI=1S/C14H19N5OS2/c1-18(8-11-6-7-21-9-11)13(20)10-22-14-15-16-17-19(14)12-4-2-3-5-12/h6-7,9,12H,2-5,8,10H2,1H3. The van der Waals surface area contributed by atoms with Crippen LogP contribution in [0.2, 0.25) is 0 Å². The van der Waals surface area contributed by atoms with E-state index in [1.807, 2.05) is 23.2 Å². The van der Waals surface area contributed by atoms with Gasteiger partial charge in [-0.1, -0.05) is 24.6 Å². The Bertz CT molecular complexity index is 607. The Kier molecular flexibility index (Phi) is 5.09. The zero-order valence-electron chi connectivity index (χ0n) is 12.5. The fourth-order valence-electron chi connectivity index (χ4n) is 2.64. The lowest BCUT2D eigenvalue weighted by atomic mass is 10.3. The molecule has 0 unspecified atom stereocenters. The second-order valence-electron chi connectivity index (χ2n) is 5.51. The van der Waals surface area contributed by atoms with Crippen molar-refractivity contribution in [1.29, 1.82) is 0 Å². The number of hydrogen-bond acceptors (Lipinski definition) is 6. The summed E-state index contributed by atoms with van der Waals surface area (Å²) in [4.78, 5) is 14.0. The van der Waals surface area contributed by atoms with Crippen molar-refractivity contribution in [3.05, 3.63) is 22.4 Å². The molecule has 2 heterocycles. The van der Waals surface area contributed by atoms with Crippen LogP contribution in [0.15, 0.2) is 22.0 Å². The second-order valence-corrected chi connectivity index (χ2v) is 7.24. The molecule has 0 spiro atoms. The molecule has 6 nitrogen and oxygen atoms in total. The lowest BCUT2D eigenvalue weighted by Crippen LogP contribution is -2.27. The van der Waals surface area contributed by atoms with Crippen LogP contribution in [0.3, 0.4) is 0 Å². The summed E-state index contributed by atoms with van der Waals surface area (Å²) in [7, 11) is 1.83. The first-order chi connectivity index (χ1) is 10.7. The van der Waals surface area contributed by atoms with Crippen LogP contribution in [-0.2, 0) is 11.3 Å². The SMILES string of the molecule is CN(Cc1ccsc1)C(=O)CSc1nnnn1C1CCCC1. The number of aromatic nitrogens is 4. The quantitative estimate of drug-likeness (QED) is 0.758. The van der Waals surface area contributed by atoms with E-state index in [9.17, 15) is 4.79 Å². The van der Waals surface area contributed by atoms with Gasteiger partial charge in [0.25, 0.3) is 0 Å². The van der Waals surface area contributed by atoms with Gasteiger partial charge in [-0.25, -0.2) is 4.68 Å². The van der Waals surface area contributed by atoms with Crippen molar-refractivity contribution < 1.29 is 4.79 Å². The minimum Gasteiger partial charge on any atom is -0.341 e. The molecule has 2 aromatic rings. The maximum atomic E-state index is 12.2. The zero-order chi connectivity index (χ0) is 15.4. The van der Waals surface area contributed by atoms with Gasteiger partial charge in [0.1, 0.15) is 0 Å². The number of tetrazole rings is 1. The number of thiophene rings is 1. The van der Waals surface area contributed by atoms with E-state index in [2.05, 4.69) is 20.9 Å². The fraction of sp³-hybridized carbons (Fsp3) is 0.571. The number of carbonyl (C=O) groups excluding carboxylic acids is 1. The fourth-order valence-corrected chi connectivity index (χ4v) is 4.18. The van der Waals surface area contributed by atoms with Gasteiger partial charge in [-0.15, -0.1) is 5.10 Å². The first-order valence-electron chi connectivity index (χ1n) is 7.40. The molecule has 0 bridgehead atoms. The molecule has 3 rings (SSSR count). The average Bonchev–Trinajstić information content (AvgIpc) is 3.25. The summed E-state index contributed by atoms with van der Waals surface area (Å²) in [5, 5.41) is 16.8. The van der Waals surface area contributed by atoms with Gasteiger partial charge in [0.05, 0.1) is 11.8 Å². The summed E-state index contributed by atoms with van der Waals surface area (Å²) in [6.07, 6.45) is 4.73. The van der Waals surface area contributed by atoms with Gasteiger partial charge in [-0.2, -0.15) is 11.3 Å². The number of thioether (sulfide) groups is 1. The summed E-state index contributed by atoms with van der Waals surface area (Å²) in [6, 6.07) is 2.44. The molecule has 0 aliphatic heterocycles. The third kappa shape index (κ3) is 3.67. The van der Waals surface area contributed by atoms with Crippen molar-refractivity contribution in [2.75, 3.05) is 12.8 Å². The van der Waals surface area contributed by atoms with E-state index >= 15 is 0 Å². The molecule has 0 saturated heterocycles. The van der Waals surface area contributed by atoms with Gasteiger partial charge < -0.3 is 4.90 Å². The van der Waals surface area contributed by atoms with Crippen LogP contribution in [0.5, 0.6) is 0 Å². The lowest BCUT2D eigenvalue weighted by Gasteiger charge is -2.16. The predicted octanol–water partition coefficient (Wildman–Crippen LogP) is 2.60. The molecule has 118 valence electrons. The topological polar surface area (TPSA) is 63.9 Å². The van der Waals surface area contributed by atoms with E-state index in [-0.39, 0.29) is 5.91 Å². The van der Waals surface area contributed by atoms with Crippen molar-refractivity contribution in [1.82, 2.24) is 25.1 Å². The van der Waals surface area contributed by atoms with Gasteiger partial charge in [-0.3, -0.25) is 4.79 Å². The molecule has 1 aliphatic rings. The summed E-state index contributed by atoms with van der Waals surface area (Å²) >= 11 is 3.08. The van der Waals surface area contributed by atoms with E-state index < -0.39 is 0 Å². The highest BCUT2D eigenvalue weighted by molar-refractivity contribution is 7.99. The van der Waals surface area contributed by atoms with Crippen molar-refractivity contribution in [2.24, 2.45) is 0 Å². The number of nitrogens with zero attached hydrogens (tertiary/aromatic N) is 5. The van der Waals surface area contributed by atoms with E-state index in [0.717, 1.165) is 18.0 Å². The van der Waals surface area contributed by atoms with Crippen molar-refractivity contribution in [3.8, 4) is 0 Å². The van der Waals surface area contributed by atoms with Crippen LogP contribution in [0.1, 0.15) is 37.3 Å². The Morgan fingerprint density at radius 2 is 2.32 bits per heavy atom. The molecule has 1 saturated carbocycles. The van der Waals surface area contributed by atoms with E-state index in [1.165, 1.54) is 30.2 Å². The summed E-state index contributed by atoms with van der Waals surface area (Å²) < 4.78 is 1.89. The van der Waals surface area contributed by atoms with Crippen LogP contribution in [0, 0.1) is 0 Å². The molecular formula is C14H19N5OS2. The van der Waals surface area contributed by atoms with Gasteiger partial charge in [0.15, 0.2) is 0 Å². The molecular weight excluding hydrogens is 318 g/mol. The molecule has 22 heavy (non-hydrogen) atoms. The molecule has 2 aromatic heterocycles. The van der Waals surface area contributed by atoms with Crippen LogP contribution in [0.25, 0.3) is 0 Å². The lowest BCUT2D eigenvalue weighted by molar-refractivity contribution is -0.127. The highest BCUT2D eigenvalue weighted by Crippen LogP contribution is 2.31. The van der Waals surface area contributed by atoms with E-state index in [1.54, 1.807) is 16.2 Å². The highest BCUT2D eigenvalue weighted by atomic mass is 32.2. The van der Waals surface area contributed by atoms with Crippen LogP contribution in [0.4, 0.5) is 0 Å². The molecule has 1 fully saturated rings. The van der Waals surface area contributed by atoms with Crippen molar-refractivity contribution >= 4 is 29.0 Å². The molecule has 8 heteroatoms. The Labute approximate surface area is 137 Å². The number of amides is 1. The summed E-state index contributed by atoms with van der Waals surface area (Å²) in [5.74, 6) is 0.463. The van der Waals surface area contributed by atoms with E-state index in [4.69, 9.17) is 0 Å². The summed E-state index contributed by atoms with van der Waals surface area (Å²) in [5.41, 5.74) is 1.17. The molecule has 0 N–H and O–H groups in total. The van der Waals surface area contributed by atoms with E-state index in [0.29, 0.717) is 18.3 Å². The van der Waals surface area contributed by atoms with Gasteiger partial charge in [0, 0.05) is 13.6 Å². The number of carbonyl (C=O) groups is 1. The number of hydrogen-bond donors (Lipinski definition) is 0. The Hall–Kier alpha value is -1.41. The first-order valence-corrected chi connectivity index (χ1v) is 9.32. The van der Waals surface area contributed by atoms with Crippen molar-refractivity contribution in [2.45, 2.75) is 43.4 Å². The normalized spacial score (nSPS) is 15.3. The molecule has 1 aliphatic carbocycles. The van der Waals surface area contributed by atoms with Gasteiger partial charge in [-0.05, 0) is 45.7 Å². The van der Waals surface area contributed by atoms with Crippen LogP contribution >= 0.6 is 23.1 Å². The zero-order valence-corrected chi connectivity index (χ0v) is 14.1. The van der Waals surface area contributed by atoms with Crippen molar-refractivity contribution in [3.63, 3.8) is 0 Å². The third-order valence-corrected chi connectivity index (χ3v) is 5.53. The maximum Gasteiger partial charge on any atom is 0.233 e. The Morgan fingerprint density at radius 3 is 3.05 bits per heavy atom. The number of rotatable bonds is 6. The minimum atomic E-state index is 0.0946. The van der Waals surface area contributed by atoms with Gasteiger partial charge >= 0.3 is 0 Å². The largest absolute Gasteiger partial charge is 0.341 e. The minimum absolute atomic E-state index is 0.0946. The highest BCUT2D eigenvalue weighted by Gasteiger charge is 2.22.